The summed E-state index contributed by atoms with van der Waals surface area (Å²) in [5.41, 5.74) is 1.24. The van der Waals surface area contributed by atoms with E-state index in [0.29, 0.717) is 16.9 Å². The van der Waals surface area contributed by atoms with Gasteiger partial charge in [0.05, 0.1) is 18.6 Å². The minimum absolute atomic E-state index is 0.00719. The van der Waals surface area contributed by atoms with Gasteiger partial charge in [-0.2, -0.15) is 0 Å². The van der Waals surface area contributed by atoms with Crippen molar-refractivity contribution in [3.63, 3.8) is 0 Å². The molecule has 0 aliphatic heterocycles. The first-order valence-corrected chi connectivity index (χ1v) is 6.66. The zero-order valence-corrected chi connectivity index (χ0v) is 11.0. The van der Waals surface area contributed by atoms with Gasteiger partial charge in [-0.15, -0.1) is 0 Å². The van der Waals surface area contributed by atoms with Gasteiger partial charge in [0.25, 0.3) is 0 Å². The third-order valence-corrected chi connectivity index (χ3v) is 4.11. The number of aliphatic hydroxyl groups excluding tert-OH is 1. The summed E-state index contributed by atoms with van der Waals surface area (Å²) < 4.78 is 31.3. The summed E-state index contributed by atoms with van der Waals surface area (Å²) in [6.45, 7) is 3.20. The van der Waals surface area contributed by atoms with Crippen molar-refractivity contribution in [1.29, 1.82) is 0 Å². The van der Waals surface area contributed by atoms with Crippen LogP contribution in [0.5, 0.6) is 5.75 Å². The summed E-state index contributed by atoms with van der Waals surface area (Å²) in [7, 11) is -2.04. The van der Waals surface area contributed by atoms with Gasteiger partial charge in [0, 0.05) is 6.54 Å². The highest BCUT2D eigenvalue weighted by Crippen LogP contribution is 2.25. The van der Waals surface area contributed by atoms with Gasteiger partial charge in [0.15, 0.2) is 0 Å². The van der Waals surface area contributed by atoms with Gasteiger partial charge in [-0.3, -0.25) is 0 Å². The lowest BCUT2D eigenvalue weighted by Gasteiger charge is -2.13. The molecule has 0 bridgehead atoms. The first-order valence-electron chi connectivity index (χ1n) is 5.18. The number of aliphatic hydroxyl groups is 1. The van der Waals surface area contributed by atoms with Gasteiger partial charge in [0.1, 0.15) is 5.75 Å². The lowest BCUT2D eigenvalue weighted by atomic mass is 10.1. The number of hydrogen-bond donors (Lipinski definition) is 2. The molecule has 0 unspecified atom stereocenters. The third-order valence-electron chi connectivity index (χ3n) is 2.34. The second-order valence-corrected chi connectivity index (χ2v) is 5.42. The maximum atomic E-state index is 12.0. The molecule has 96 valence electrons. The molecule has 0 aliphatic rings. The zero-order valence-electron chi connectivity index (χ0n) is 10.1. The van der Waals surface area contributed by atoms with Gasteiger partial charge in [-0.25, -0.2) is 13.1 Å². The lowest BCUT2D eigenvalue weighted by molar-refractivity contribution is 0.301. The van der Waals surface area contributed by atoms with Gasteiger partial charge in [-0.05, 0) is 37.1 Å². The molecule has 0 aliphatic carbocycles. The standard InChI is InChI=1S/C11H17NO4S/c1-8-6-10(16-3)7-9(2)11(8)17(14,15)12-4-5-13/h6-7,12-13H,4-5H2,1-3H3. The van der Waals surface area contributed by atoms with Crippen molar-refractivity contribution in [1.82, 2.24) is 4.72 Å². The largest absolute Gasteiger partial charge is 0.497 e. The molecule has 0 saturated heterocycles. The van der Waals surface area contributed by atoms with Crippen molar-refractivity contribution in [2.75, 3.05) is 20.3 Å². The molecule has 1 rings (SSSR count). The van der Waals surface area contributed by atoms with E-state index < -0.39 is 10.0 Å². The average Bonchev–Trinajstić information content (AvgIpc) is 2.25. The molecule has 5 nitrogen and oxygen atoms in total. The van der Waals surface area contributed by atoms with Crippen LogP contribution in [-0.4, -0.2) is 33.8 Å². The van der Waals surface area contributed by atoms with Crippen LogP contribution < -0.4 is 9.46 Å². The lowest BCUT2D eigenvalue weighted by Crippen LogP contribution is -2.27. The van der Waals surface area contributed by atoms with Crippen molar-refractivity contribution in [2.45, 2.75) is 18.7 Å². The molecule has 0 fully saturated rings. The van der Waals surface area contributed by atoms with E-state index in [1.165, 1.54) is 7.11 Å². The Morgan fingerprint density at radius 3 is 2.24 bits per heavy atom. The molecule has 0 amide bonds. The maximum absolute atomic E-state index is 12.0. The van der Waals surface area contributed by atoms with Crippen LogP contribution in [-0.2, 0) is 10.0 Å². The fourth-order valence-electron chi connectivity index (χ4n) is 1.70. The summed E-state index contributed by atoms with van der Waals surface area (Å²) in [6.07, 6.45) is 0. The molecule has 0 radical (unpaired) electrons. The Labute approximate surface area is 101 Å². The van der Waals surface area contributed by atoms with E-state index in [-0.39, 0.29) is 18.0 Å². The number of sulfonamides is 1. The van der Waals surface area contributed by atoms with E-state index >= 15 is 0 Å². The van der Waals surface area contributed by atoms with E-state index in [1.54, 1.807) is 26.0 Å². The van der Waals surface area contributed by atoms with Crippen LogP contribution in [0.1, 0.15) is 11.1 Å². The molecule has 2 N–H and O–H groups in total. The minimum atomic E-state index is -3.57. The van der Waals surface area contributed by atoms with Gasteiger partial charge in [0.2, 0.25) is 10.0 Å². The van der Waals surface area contributed by atoms with Crippen LogP contribution in [0.2, 0.25) is 0 Å². The monoisotopic (exact) mass is 259 g/mol. The summed E-state index contributed by atoms with van der Waals surface area (Å²) in [4.78, 5) is 0.242. The second kappa shape index (κ2) is 5.48. The first-order chi connectivity index (χ1) is 7.92. The average molecular weight is 259 g/mol. The molecule has 0 atom stereocenters. The number of nitrogens with one attached hydrogen (secondary N) is 1. The Hall–Kier alpha value is -1.11. The van der Waals surface area contributed by atoms with Crippen LogP contribution in [0.15, 0.2) is 17.0 Å². The minimum Gasteiger partial charge on any atom is -0.497 e. The number of benzene rings is 1. The predicted octanol–water partition coefficient (Wildman–Crippen LogP) is 0.583. The third kappa shape index (κ3) is 3.18. The molecule has 0 spiro atoms. The highest BCUT2D eigenvalue weighted by Gasteiger charge is 2.19. The topological polar surface area (TPSA) is 75.6 Å². The van der Waals surface area contributed by atoms with Crippen LogP contribution in [0.3, 0.4) is 0 Å². The van der Waals surface area contributed by atoms with Crippen molar-refractivity contribution in [3.05, 3.63) is 23.3 Å². The fraction of sp³-hybridized carbons (Fsp3) is 0.455. The SMILES string of the molecule is COc1cc(C)c(S(=O)(=O)NCCO)c(C)c1. The molecular weight excluding hydrogens is 242 g/mol. The maximum Gasteiger partial charge on any atom is 0.241 e. The Morgan fingerprint density at radius 1 is 1.29 bits per heavy atom. The molecule has 0 aromatic heterocycles. The quantitative estimate of drug-likeness (QED) is 0.811. The van der Waals surface area contributed by atoms with Crippen LogP contribution in [0.4, 0.5) is 0 Å². The van der Waals surface area contributed by atoms with Crippen LogP contribution >= 0.6 is 0 Å². The van der Waals surface area contributed by atoms with Gasteiger partial charge >= 0.3 is 0 Å². The fourth-order valence-corrected chi connectivity index (χ4v) is 3.17. The molecule has 1 aromatic carbocycles. The smallest absolute Gasteiger partial charge is 0.241 e. The van der Waals surface area contributed by atoms with Crippen molar-refractivity contribution < 1.29 is 18.3 Å². The number of hydrogen-bond acceptors (Lipinski definition) is 4. The highest BCUT2D eigenvalue weighted by atomic mass is 32.2. The molecule has 0 heterocycles. The van der Waals surface area contributed by atoms with Crippen LogP contribution in [0.25, 0.3) is 0 Å². The van der Waals surface area contributed by atoms with E-state index in [2.05, 4.69) is 4.72 Å². The van der Waals surface area contributed by atoms with Crippen LogP contribution in [0, 0.1) is 13.8 Å². The van der Waals surface area contributed by atoms with E-state index in [9.17, 15) is 8.42 Å². The summed E-state index contributed by atoms with van der Waals surface area (Å²) >= 11 is 0. The van der Waals surface area contributed by atoms with E-state index in [1.807, 2.05) is 0 Å². The molecule has 0 saturated carbocycles. The Bertz CT molecular complexity index is 473. The number of rotatable bonds is 5. The van der Waals surface area contributed by atoms with Crippen molar-refractivity contribution in [2.24, 2.45) is 0 Å². The molecular formula is C11H17NO4S. The first kappa shape index (κ1) is 14.0. The second-order valence-electron chi connectivity index (χ2n) is 3.71. The molecule has 17 heavy (non-hydrogen) atoms. The highest BCUT2D eigenvalue weighted by molar-refractivity contribution is 7.89. The summed E-state index contributed by atoms with van der Waals surface area (Å²) in [5.74, 6) is 0.626. The zero-order chi connectivity index (χ0) is 13.1. The van der Waals surface area contributed by atoms with Crippen molar-refractivity contribution in [3.8, 4) is 5.75 Å². The molecule has 6 heteroatoms. The van der Waals surface area contributed by atoms with E-state index in [0.717, 1.165) is 0 Å². The Balaban J connectivity index is 3.23. The summed E-state index contributed by atoms with van der Waals surface area (Å²) in [6, 6.07) is 3.33. The van der Waals surface area contributed by atoms with Gasteiger partial charge < -0.3 is 9.84 Å². The Kier molecular flexibility index (Phi) is 4.50. The predicted molar refractivity (Wildman–Crippen MR) is 64.7 cm³/mol. The number of methoxy groups -OCH3 is 1. The normalized spacial score (nSPS) is 11.5. The summed E-state index contributed by atoms with van der Waals surface area (Å²) in [5, 5.41) is 8.65. The number of aryl methyl sites for hydroxylation is 2. The number of ether oxygens (including phenoxy) is 1. The Morgan fingerprint density at radius 2 is 1.82 bits per heavy atom. The van der Waals surface area contributed by atoms with Crippen molar-refractivity contribution >= 4 is 10.0 Å². The van der Waals surface area contributed by atoms with E-state index in [4.69, 9.17) is 9.84 Å². The van der Waals surface area contributed by atoms with Gasteiger partial charge in [-0.1, -0.05) is 0 Å². The molecule has 1 aromatic rings.